The second-order valence-corrected chi connectivity index (χ2v) is 8.35. The average molecular weight is 394 g/mol. The highest BCUT2D eigenvalue weighted by molar-refractivity contribution is 5.85. The van der Waals surface area contributed by atoms with E-state index in [1.165, 1.54) is 41.8 Å². The van der Waals surface area contributed by atoms with E-state index in [4.69, 9.17) is 9.47 Å². The summed E-state index contributed by atoms with van der Waals surface area (Å²) in [4.78, 5) is 30.5. The molecule has 6 nitrogen and oxygen atoms in total. The smallest absolute Gasteiger partial charge is 0.313 e. The van der Waals surface area contributed by atoms with Crippen molar-refractivity contribution in [2.75, 3.05) is 20.2 Å². The normalized spacial score (nSPS) is 28.7. The SMILES string of the molecule is COC(=O)C1C(OC(C)=O)CC=C2CN3CCc4c([nH]c5ccccc45)C3CC21. The highest BCUT2D eigenvalue weighted by Gasteiger charge is 2.48. The number of methoxy groups -OCH3 is 1. The number of hydrogen-bond donors (Lipinski definition) is 1. The van der Waals surface area contributed by atoms with E-state index in [-0.39, 0.29) is 23.9 Å². The largest absolute Gasteiger partial charge is 0.469 e. The summed E-state index contributed by atoms with van der Waals surface area (Å²) in [6.07, 6.45) is 4.15. The number of fused-ring (bicyclic) bond motifs is 6. The van der Waals surface area contributed by atoms with Crippen LogP contribution in [0, 0.1) is 11.8 Å². The summed E-state index contributed by atoms with van der Waals surface area (Å²) in [5.41, 5.74) is 5.12. The molecule has 6 heteroatoms. The van der Waals surface area contributed by atoms with Crippen molar-refractivity contribution in [3.63, 3.8) is 0 Å². The molecule has 0 saturated carbocycles. The topological polar surface area (TPSA) is 71.6 Å². The third-order valence-corrected chi connectivity index (χ3v) is 6.85. The monoisotopic (exact) mass is 394 g/mol. The number of ether oxygens (including phenoxy) is 2. The molecule has 2 aromatic rings. The van der Waals surface area contributed by atoms with Gasteiger partial charge in [0.2, 0.25) is 0 Å². The van der Waals surface area contributed by atoms with Gasteiger partial charge < -0.3 is 14.5 Å². The molecule has 3 aliphatic rings. The van der Waals surface area contributed by atoms with Crippen LogP contribution in [0.25, 0.3) is 10.9 Å². The number of carbonyl (C=O) groups is 2. The van der Waals surface area contributed by atoms with E-state index in [1.807, 2.05) is 0 Å². The first-order valence-corrected chi connectivity index (χ1v) is 10.3. The van der Waals surface area contributed by atoms with Crippen molar-refractivity contribution in [2.45, 2.75) is 38.3 Å². The molecule has 0 amide bonds. The summed E-state index contributed by atoms with van der Waals surface area (Å²) < 4.78 is 10.6. The van der Waals surface area contributed by atoms with Gasteiger partial charge in [-0.25, -0.2) is 0 Å². The van der Waals surface area contributed by atoms with Crippen LogP contribution in [0.5, 0.6) is 0 Å². The van der Waals surface area contributed by atoms with E-state index < -0.39 is 12.0 Å². The minimum absolute atomic E-state index is 0.0270. The van der Waals surface area contributed by atoms with Gasteiger partial charge in [-0.15, -0.1) is 0 Å². The standard InChI is InChI=1S/C23H26N2O4/c1-13(26)29-20-8-7-14-12-25-10-9-16-15-5-3-4-6-18(15)24-22(16)19(25)11-17(14)21(20)23(27)28-2/h3-7,17,19-21,24H,8-12H2,1-2H3. The number of aromatic amines is 1. The molecule has 0 spiro atoms. The second kappa shape index (κ2) is 7.02. The van der Waals surface area contributed by atoms with Gasteiger partial charge in [-0.3, -0.25) is 14.5 Å². The van der Waals surface area contributed by atoms with Crippen LogP contribution < -0.4 is 0 Å². The maximum absolute atomic E-state index is 12.7. The van der Waals surface area contributed by atoms with Crippen LogP contribution >= 0.6 is 0 Å². The van der Waals surface area contributed by atoms with Crippen molar-refractivity contribution in [3.8, 4) is 0 Å². The molecular weight excluding hydrogens is 368 g/mol. The third-order valence-electron chi connectivity index (χ3n) is 6.85. The number of esters is 2. The minimum Gasteiger partial charge on any atom is -0.469 e. The summed E-state index contributed by atoms with van der Waals surface area (Å²) in [5.74, 6) is -1.05. The van der Waals surface area contributed by atoms with Gasteiger partial charge in [-0.05, 0) is 30.4 Å². The number of benzene rings is 1. The van der Waals surface area contributed by atoms with Gasteiger partial charge in [-0.1, -0.05) is 29.8 Å². The zero-order valence-corrected chi connectivity index (χ0v) is 16.8. The maximum atomic E-state index is 12.7. The Bertz CT molecular complexity index is 1010. The molecule has 1 saturated heterocycles. The molecule has 29 heavy (non-hydrogen) atoms. The molecule has 0 bridgehead atoms. The molecule has 152 valence electrons. The van der Waals surface area contributed by atoms with Crippen molar-refractivity contribution in [1.82, 2.24) is 9.88 Å². The Morgan fingerprint density at radius 1 is 1.24 bits per heavy atom. The fourth-order valence-electron chi connectivity index (χ4n) is 5.62. The quantitative estimate of drug-likeness (QED) is 0.626. The summed E-state index contributed by atoms with van der Waals surface area (Å²) in [6, 6.07) is 8.69. The van der Waals surface area contributed by atoms with Crippen molar-refractivity contribution in [1.29, 1.82) is 0 Å². The lowest BCUT2D eigenvalue weighted by molar-refractivity contribution is -0.162. The highest BCUT2D eigenvalue weighted by atomic mass is 16.6. The van der Waals surface area contributed by atoms with Gasteiger partial charge >= 0.3 is 11.9 Å². The number of carbonyl (C=O) groups excluding carboxylic acids is 2. The van der Waals surface area contributed by atoms with Crippen molar-refractivity contribution in [3.05, 3.63) is 47.2 Å². The van der Waals surface area contributed by atoms with E-state index in [0.29, 0.717) is 6.42 Å². The lowest BCUT2D eigenvalue weighted by Gasteiger charge is -2.47. The van der Waals surface area contributed by atoms with Gasteiger partial charge in [0, 0.05) is 43.0 Å². The molecule has 1 aromatic carbocycles. The third kappa shape index (κ3) is 2.97. The number of rotatable bonds is 2. The Morgan fingerprint density at radius 2 is 2.07 bits per heavy atom. The van der Waals surface area contributed by atoms with Gasteiger partial charge in [-0.2, -0.15) is 0 Å². The fourth-order valence-corrected chi connectivity index (χ4v) is 5.62. The number of aromatic nitrogens is 1. The lowest BCUT2D eigenvalue weighted by Crippen LogP contribution is -2.49. The van der Waals surface area contributed by atoms with E-state index in [1.54, 1.807) is 0 Å². The van der Waals surface area contributed by atoms with E-state index in [9.17, 15) is 9.59 Å². The van der Waals surface area contributed by atoms with Crippen molar-refractivity contribution < 1.29 is 19.1 Å². The Kier molecular flexibility index (Phi) is 4.46. The summed E-state index contributed by atoms with van der Waals surface area (Å²) >= 11 is 0. The zero-order chi connectivity index (χ0) is 20.1. The first-order chi connectivity index (χ1) is 14.1. The van der Waals surface area contributed by atoms with E-state index in [2.05, 4.69) is 40.2 Å². The first kappa shape index (κ1) is 18.4. The number of H-pyrrole nitrogens is 1. The Hall–Kier alpha value is -2.60. The van der Waals surface area contributed by atoms with Crippen LogP contribution in [0.4, 0.5) is 0 Å². The van der Waals surface area contributed by atoms with Gasteiger partial charge in [0.05, 0.1) is 13.2 Å². The second-order valence-electron chi connectivity index (χ2n) is 8.35. The average Bonchev–Trinajstić information content (AvgIpc) is 3.10. The molecule has 1 N–H and O–H groups in total. The van der Waals surface area contributed by atoms with Gasteiger partial charge in [0.25, 0.3) is 0 Å². The number of nitrogens with zero attached hydrogens (tertiary/aromatic N) is 1. The molecular formula is C23H26N2O4. The summed E-state index contributed by atoms with van der Waals surface area (Å²) in [6.45, 7) is 3.26. The number of hydrogen-bond acceptors (Lipinski definition) is 5. The molecule has 1 aliphatic carbocycles. The molecule has 3 heterocycles. The lowest BCUT2D eigenvalue weighted by atomic mass is 9.70. The summed E-state index contributed by atoms with van der Waals surface area (Å²) in [7, 11) is 1.41. The van der Waals surface area contributed by atoms with E-state index in [0.717, 1.165) is 25.9 Å². The molecule has 4 atom stereocenters. The number of para-hydroxylation sites is 1. The van der Waals surface area contributed by atoms with Crippen molar-refractivity contribution >= 4 is 22.8 Å². The zero-order valence-electron chi connectivity index (χ0n) is 16.8. The molecule has 2 aliphatic heterocycles. The van der Waals surface area contributed by atoms with Crippen LogP contribution in [0.3, 0.4) is 0 Å². The molecule has 0 radical (unpaired) electrons. The molecule has 5 rings (SSSR count). The van der Waals surface area contributed by atoms with Gasteiger partial charge in [0.15, 0.2) is 0 Å². The summed E-state index contributed by atoms with van der Waals surface area (Å²) in [5, 5.41) is 1.30. The number of nitrogens with one attached hydrogen (secondary N) is 1. The Morgan fingerprint density at radius 3 is 2.86 bits per heavy atom. The highest BCUT2D eigenvalue weighted by Crippen LogP contribution is 2.48. The van der Waals surface area contributed by atoms with Gasteiger partial charge in [0.1, 0.15) is 12.0 Å². The predicted octanol–water partition coefficient (Wildman–Crippen LogP) is 3.14. The molecule has 4 unspecified atom stereocenters. The Balaban J connectivity index is 1.52. The fraction of sp³-hybridized carbons (Fsp3) is 0.478. The van der Waals surface area contributed by atoms with E-state index >= 15 is 0 Å². The predicted molar refractivity (Wildman–Crippen MR) is 108 cm³/mol. The van der Waals surface area contributed by atoms with Crippen LogP contribution in [0.2, 0.25) is 0 Å². The molecule has 1 fully saturated rings. The Labute approximate surface area is 169 Å². The molecule has 1 aromatic heterocycles. The minimum atomic E-state index is -0.453. The van der Waals surface area contributed by atoms with Crippen LogP contribution in [-0.4, -0.2) is 48.1 Å². The first-order valence-electron chi connectivity index (χ1n) is 10.3. The van der Waals surface area contributed by atoms with Crippen LogP contribution in [0.15, 0.2) is 35.9 Å². The van der Waals surface area contributed by atoms with Crippen molar-refractivity contribution in [2.24, 2.45) is 11.8 Å². The maximum Gasteiger partial charge on any atom is 0.313 e. The van der Waals surface area contributed by atoms with Crippen LogP contribution in [-0.2, 0) is 25.5 Å². The van der Waals surface area contributed by atoms with Crippen LogP contribution in [0.1, 0.15) is 37.1 Å². The number of piperidine rings is 1.